The van der Waals surface area contributed by atoms with E-state index in [1.807, 2.05) is 32.9 Å². The van der Waals surface area contributed by atoms with Crippen LogP contribution in [0.2, 0.25) is 0 Å². The van der Waals surface area contributed by atoms with Crippen LogP contribution in [0.15, 0.2) is 24.3 Å². The summed E-state index contributed by atoms with van der Waals surface area (Å²) in [4.78, 5) is 4.28. The molecule has 0 radical (unpaired) electrons. The highest BCUT2D eigenvalue weighted by Gasteiger charge is 2.20. The van der Waals surface area contributed by atoms with Gasteiger partial charge < -0.3 is 5.11 Å². The van der Waals surface area contributed by atoms with E-state index in [1.54, 1.807) is 4.68 Å². The van der Waals surface area contributed by atoms with Gasteiger partial charge in [0.05, 0.1) is 6.04 Å². The third-order valence-electron chi connectivity index (χ3n) is 3.48. The van der Waals surface area contributed by atoms with Gasteiger partial charge in [-0.15, -0.1) is 0 Å². The van der Waals surface area contributed by atoms with Crippen molar-refractivity contribution < 1.29 is 5.11 Å². The Morgan fingerprint density at radius 1 is 1.21 bits per heavy atom. The average Bonchev–Trinajstić information content (AvgIpc) is 2.76. The molecule has 0 aliphatic carbocycles. The van der Waals surface area contributed by atoms with E-state index in [0.717, 1.165) is 23.6 Å². The van der Waals surface area contributed by atoms with Gasteiger partial charge in [0.25, 0.3) is 0 Å². The van der Waals surface area contributed by atoms with Crippen molar-refractivity contribution in [2.75, 3.05) is 0 Å². The van der Waals surface area contributed by atoms with Crippen molar-refractivity contribution in [2.45, 2.75) is 46.3 Å². The molecule has 0 fully saturated rings. The lowest BCUT2D eigenvalue weighted by Gasteiger charge is -2.20. The normalized spacial score (nSPS) is 14.4. The zero-order valence-corrected chi connectivity index (χ0v) is 12.0. The van der Waals surface area contributed by atoms with Crippen LogP contribution < -0.4 is 0 Å². The number of nitrogens with zero attached hydrogens (tertiary/aromatic N) is 3. The van der Waals surface area contributed by atoms with E-state index in [1.165, 1.54) is 5.56 Å². The summed E-state index contributed by atoms with van der Waals surface area (Å²) in [5.41, 5.74) is 2.19. The fourth-order valence-electron chi connectivity index (χ4n) is 2.28. The lowest BCUT2D eigenvalue weighted by molar-refractivity contribution is 0.114. The molecule has 2 atom stereocenters. The van der Waals surface area contributed by atoms with Crippen molar-refractivity contribution >= 4 is 0 Å². The molecule has 0 spiro atoms. The standard InChI is InChI=1S/C15H21N3O/c1-5-13-6-8-14(9-7-13)15(19)10(2)18-12(4)16-11(3)17-18/h6-10,15,19H,5H2,1-4H3. The van der Waals surface area contributed by atoms with E-state index in [9.17, 15) is 5.11 Å². The summed E-state index contributed by atoms with van der Waals surface area (Å²) < 4.78 is 1.79. The molecule has 19 heavy (non-hydrogen) atoms. The number of hydrogen-bond acceptors (Lipinski definition) is 3. The lowest BCUT2D eigenvalue weighted by atomic mass is 10.0. The third-order valence-corrected chi connectivity index (χ3v) is 3.48. The summed E-state index contributed by atoms with van der Waals surface area (Å²) in [6, 6.07) is 7.96. The Morgan fingerprint density at radius 2 is 1.84 bits per heavy atom. The third kappa shape index (κ3) is 2.84. The van der Waals surface area contributed by atoms with Crippen LogP contribution in [0.5, 0.6) is 0 Å². The molecule has 4 nitrogen and oxygen atoms in total. The average molecular weight is 259 g/mol. The van der Waals surface area contributed by atoms with Gasteiger partial charge in [-0.3, -0.25) is 0 Å². The predicted octanol–water partition coefficient (Wildman–Crippen LogP) is 2.75. The molecule has 102 valence electrons. The topological polar surface area (TPSA) is 50.9 Å². The van der Waals surface area contributed by atoms with Crippen LogP contribution >= 0.6 is 0 Å². The van der Waals surface area contributed by atoms with Crippen LogP contribution in [0, 0.1) is 13.8 Å². The smallest absolute Gasteiger partial charge is 0.147 e. The maximum absolute atomic E-state index is 10.5. The first-order valence-corrected chi connectivity index (χ1v) is 6.69. The van der Waals surface area contributed by atoms with Crippen molar-refractivity contribution in [3.8, 4) is 0 Å². The molecule has 0 aliphatic rings. The summed E-state index contributed by atoms with van der Waals surface area (Å²) >= 11 is 0. The van der Waals surface area contributed by atoms with Gasteiger partial charge in [-0.25, -0.2) is 9.67 Å². The predicted molar refractivity (Wildman–Crippen MR) is 75.0 cm³/mol. The quantitative estimate of drug-likeness (QED) is 0.918. The number of hydrogen-bond donors (Lipinski definition) is 1. The van der Waals surface area contributed by atoms with Gasteiger partial charge in [0.2, 0.25) is 0 Å². The first kappa shape index (κ1) is 13.7. The minimum Gasteiger partial charge on any atom is -0.386 e. The summed E-state index contributed by atoms with van der Waals surface area (Å²) in [7, 11) is 0. The van der Waals surface area contributed by atoms with Gasteiger partial charge in [0.15, 0.2) is 0 Å². The number of aromatic nitrogens is 3. The highest BCUT2D eigenvalue weighted by atomic mass is 16.3. The first-order valence-electron chi connectivity index (χ1n) is 6.69. The highest BCUT2D eigenvalue weighted by molar-refractivity contribution is 5.24. The maximum atomic E-state index is 10.5. The van der Waals surface area contributed by atoms with E-state index in [-0.39, 0.29) is 6.04 Å². The number of aliphatic hydroxyl groups excluding tert-OH is 1. The number of aliphatic hydroxyl groups is 1. The minimum atomic E-state index is -0.578. The highest BCUT2D eigenvalue weighted by Crippen LogP contribution is 2.26. The second-order valence-electron chi connectivity index (χ2n) is 4.93. The first-order chi connectivity index (χ1) is 9.02. The van der Waals surface area contributed by atoms with Gasteiger partial charge in [0, 0.05) is 0 Å². The molecule has 0 aliphatic heterocycles. The van der Waals surface area contributed by atoms with Gasteiger partial charge in [0.1, 0.15) is 17.8 Å². The zero-order valence-electron chi connectivity index (χ0n) is 12.0. The van der Waals surface area contributed by atoms with E-state index >= 15 is 0 Å². The Balaban J connectivity index is 2.22. The van der Waals surface area contributed by atoms with E-state index in [2.05, 4.69) is 29.1 Å². The van der Waals surface area contributed by atoms with Crippen LogP contribution in [0.1, 0.15) is 48.8 Å². The zero-order chi connectivity index (χ0) is 14.0. The minimum absolute atomic E-state index is 0.131. The Labute approximate surface area is 114 Å². The van der Waals surface area contributed by atoms with Gasteiger partial charge >= 0.3 is 0 Å². The lowest BCUT2D eigenvalue weighted by Crippen LogP contribution is -2.17. The second-order valence-corrected chi connectivity index (χ2v) is 4.93. The molecule has 1 heterocycles. The number of benzene rings is 1. The van der Waals surface area contributed by atoms with Crippen molar-refractivity contribution in [1.29, 1.82) is 0 Å². The molecule has 2 rings (SSSR count). The molecule has 4 heteroatoms. The van der Waals surface area contributed by atoms with Crippen molar-refractivity contribution in [1.82, 2.24) is 14.8 Å². The Hall–Kier alpha value is -1.68. The monoisotopic (exact) mass is 259 g/mol. The molecule has 0 saturated heterocycles. The molecule has 1 N–H and O–H groups in total. The molecule has 0 bridgehead atoms. The molecule has 2 unspecified atom stereocenters. The van der Waals surface area contributed by atoms with Gasteiger partial charge in [-0.05, 0) is 38.3 Å². The fraction of sp³-hybridized carbons (Fsp3) is 0.467. The maximum Gasteiger partial charge on any atom is 0.147 e. The Kier molecular flexibility index (Phi) is 4.00. The van der Waals surface area contributed by atoms with E-state index < -0.39 is 6.10 Å². The summed E-state index contributed by atoms with van der Waals surface area (Å²) in [6.45, 7) is 7.84. The second kappa shape index (κ2) is 5.53. The molecular weight excluding hydrogens is 238 g/mol. The largest absolute Gasteiger partial charge is 0.386 e. The molecule has 2 aromatic rings. The SMILES string of the molecule is CCc1ccc(C(O)C(C)n2nc(C)nc2C)cc1. The van der Waals surface area contributed by atoms with Crippen LogP contribution in [0.4, 0.5) is 0 Å². The van der Waals surface area contributed by atoms with Gasteiger partial charge in [-0.1, -0.05) is 31.2 Å². The van der Waals surface area contributed by atoms with Crippen LogP contribution in [0.25, 0.3) is 0 Å². The summed E-state index contributed by atoms with van der Waals surface area (Å²) in [5, 5.41) is 14.8. The fourth-order valence-corrected chi connectivity index (χ4v) is 2.28. The van der Waals surface area contributed by atoms with Crippen molar-refractivity contribution in [2.24, 2.45) is 0 Å². The number of rotatable bonds is 4. The molecule has 1 aromatic heterocycles. The summed E-state index contributed by atoms with van der Waals surface area (Å²) in [5.74, 6) is 1.56. The van der Waals surface area contributed by atoms with Crippen LogP contribution in [0.3, 0.4) is 0 Å². The molecular formula is C15H21N3O. The van der Waals surface area contributed by atoms with Crippen LogP contribution in [-0.4, -0.2) is 19.9 Å². The van der Waals surface area contributed by atoms with E-state index in [0.29, 0.717) is 0 Å². The van der Waals surface area contributed by atoms with Crippen LogP contribution in [-0.2, 0) is 6.42 Å². The molecule has 1 aromatic carbocycles. The molecule has 0 amide bonds. The summed E-state index contributed by atoms with van der Waals surface area (Å²) in [6.07, 6.45) is 0.429. The molecule has 0 saturated carbocycles. The number of aryl methyl sites for hydroxylation is 3. The Morgan fingerprint density at radius 3 is 2.32 bits per heavy atom. The van der Waals surface area contributed by atoms with Crippen molar-refractivity contribution in [3.63, 3.8) is 0 Å². The Bertz CT molecular complexity index is 545. The van der Waals surface area contributed by atoms with Gasteiger partial charge in [-0.2, -0.15) is 5.10 Å². The van der Waals surface area contributed by atoms with E-state index in [4.69, 9.17) is 0 Å². The van der Waals surface area contributed by atoms with Crippen molar-refractivity contribution in [3.05, 3.63) is 47.0 Å².